The first kappa shape index (κ1) is 14.9. The summed E-state index contributed by atoms with van der Waals surface area (Å²) in [5.41, 5.74) is 2.73. The number of aromatic carboxylic acids is 1. The lowest BCUT2D eigenvalue weighted by molar-refractivity contribution is 0.0694. The van der Waals surface area contributed by atoms with E-state index in [0.717, 1.165) is 5.56 Å². The first-order chi connectivity index (χ1) is 10.9. The van der Waals surface area contributed by atoms with Gasteiger partial charge in [-0.1, -0.05) is 17.7 Å². The van der Waals surface area contributed by atoms with Crippen LogP contribution in [0, 0.1) is 18.3 Å². The molecule has 0 amide bonds. The number of carboxylic acids is 1. The molecule has 1 aromatic carbocycles. The lowest BCUT2D eigenvalue weighted by Gasteiger charge is -2.05. The summed E-state index contributed by atoms with van der Waals surface area (Å²) in [7, 11) is 0. The topological polar surface area (TPSA) is 98.6 Å². The molecule has 2 N–H and O–H groups in total. The summed E-state index contributed by atoms with van der Waals surface area (Å²) in [5.74, 6) is -1.55. The van der Waals surface area contributed by atoms with Gasteiger partial charge >= 0.3 is 5.97 Å². The van der Waals surface area contributed by atoms with Gasteiger partial charge < -0.3 is 10.2 Å². The van der Waals surface area contributed by atoms with Gasteiger partial charge in [-0.15, -0.1) is 0 Å². The predicted octanol–water partition coefficient (Wildman–Crippen LogP) is 3.24. The SMILES string of the molecule is Cc1cc2c(-c3ccc(C(=O)O)c(O)c3)cc(C#N)n2nc1Cl. The summed E-state index contributed by atoms with van der Waals surface area (Å²) in [6.45, 7) is 1.79. The fourth-order valence-corrected chi connectivity index (χ4v) is 2.51. The van der Waals surface area contributed by atoms with Gasteiger partial charge in [-0.25, -0.2) is 9.31 Å². The molecule has 0 saturated carbocycles. The van der Waals surface area contributed by atoms with Crippen molar-refractivity contribution in [1.82, 2.24) is 9.61 Å². The van der Waals surface area contributed by atoms with E-state index in [1.165, 1.54) is 16.6 Å². The summed E-state index contributed by atoms with van der Waals surface area (Å²) in [6.07, 6.45) is 0. The second-order valence-electron chi connectivity index (χ2n) is 5.01. The predicted molar refractivity (Wildman–Crippen MR) is 83.7 cm³/mol. The zero-order chi connectivity index (χ0) is 16.7. The normalized spacial score (nSPS) is 10.7. The van der Waals surface area contributed by atoms with Gasteiger partial charge in [-0.3, -0.25) is 0 Å². The maximum Gasteiger partial charge on any atom is 0.339 e. The molecule has 0 aliphatic heterocycles. The van der Waals surface area contributed by atoms with Crippen LogP contribution in [0.25, 0.3) is 16.6 Å². The number of benzene rings is 1. The highest BCUT2D eigenvalue weighted by atomic mass is 35.5. The zero-order valence-corrected chi connectivity index (χ0v) is 12.7. The number of carbonyl (C=O) groups is 1. The van der Waals surface area contributed by atoms with Crippen LogP contribution in [0.1, 0.15) is 21.6 Å². The Morgan fingerprint density at radius 1 is 1.35 bits per heavy atom. The number of rotatable bonds is 2. The van der Waals surface area contributed by atoms with E-state index in [0.29, 0.717) is 27.5 Å². The van der Waals surface area contributed by atoms with E-state index >= 15 is 0 Å². The van der Waals surface area contributed by atoms with Crippen molar-refractivity contribution < 1.29 is 15.0 Å². The van der Waals surface area contributed by atoms with Gasteiger partial charge in [0, 0.05) is 5.56 Å². The van der Waals surface area contributed by atoms with Crippen LogP contribution in [0.15, 0.2) is 30.3 Å². The molecule has 0 bridgehead atoms. The van der Waals surface area contributed by atoms with Crippen LogP contribution >= 0.6 is 11.6 Å². The Kier molecular flexibility index (Phi) is 3.43. The quantitative estimate of drug-likeness (QED) is 0.752. The van der Waals surface area contributed by atoms with Crippen LogP contribution in [0.4, 0.5) is 0 Å². The van der Waals surface area contributed by atoms with E-state index in [4.69, 9.17) is 16.7 Å². The lowest BCUT2D eigenvalue weighted by Crippen LogP contribution is -1.97. The molecule has 3 aromatic rings. The molecular formula is C16H10ClN3O3. The smallest absolute Gasteiger partial charge is 0.339 e. The van der Waals surface area contributed by atoms with Crippen molar-refractivity contribution >= 4 is 23.1 Å². The molecule has 23 heavy (non-hydrogen) atoms. The van der Waals surface area contributed by atoms with E-state index in [1.807, 2.05) is 6.07 Å². The minimum absolute atomic E-state index is 0.185. The average molecular weight is 328 g/mol. The third kappa shape index (κ3) is 2.37. The summed E-state index contributed by atoms with van der Waals surface area (Å²) in [6, 6.07) is 9.68. The number of aromatic hydroxyl groups is 1. The molecule has 0 saturated heterocycles. The van der Waals surface area contributed by atoms with Crippen molar-refractivity contribution in [2.24, 2.45) is 0 Å². The Morgan fingerprint density at radius 3 is 2.70 bits per heavy atom. The third-order valence-corrected chi connectivity index (χ3v) is 3.91. The highest BCUT2D eigenvalue weighted by Crippen LogP contribution is 2.32. The number of halogens is 1. The molecule has 114 valence electrons. The van der Waals surface area contributed by atoms with Crippen molar-refractivity contribution in [2.75, 3.05) is 0 Å². The Labute approximate surface area is 135 Å². The monoisotopic (exact) mass is 327 g/mol. The van der Waals surface area contributed by atoms with E-state index < -0.39 is 5.97 Å². The summed E-state index contributed by atoms with van der Waals surface area (Å²) < 4.78 is 1.42. The summed E-state index contributed by atoms with van der Waals surface area (Å²) >= 11 is 6.01. The first-order valence-corrected chi connectivity index (χ1v) is 6.96. The molecule has 0 fully saturated rings. The molecule has 0 aliphatic carbocycles. The minimum atomic E-state index is -1.21. The molecule has 7 heteroatoms. The number of nitrogens with zero attached hydrogens (tertiary/aromatic N) is 3. The van der Waals surface area contributed by atoms with Crippen molar-refractivity contribution in [3.05, 3.63) is 52.3 Å². The number of carboxylic acid groups (broad SMARTS) is 1. The van der Waals surface area contributed by atoms with E-state index in [-0.39, 0.29) is 11.3 Å². The van der Waals surface area contributed by atoms with Crippen LogP contribution in [0.2, 0.25) is 5.15 Å². The molecule has 0 spiro atoms. The van der Waals surface area contributed by atoms with E-state index in [2.05, 4.69) is 5.10 Å². The highest BCUT2D eigenvalue weighted by molar-refractivity contribution is 6.30. The van der Waals surface area contributed by atoms with Gasteiger partial charge in [0.2, 0.25) is 0 Å². The lowest BCUT2D eigenvalue weighted by atomic mass is 10.0. The van der Waals surface area contributed by atoms with Gasteiger partial charge in [0.25, 0.3) is 0 Å². The number of fused-ring (bicyclic) bond motifs is 1. The number of aromatic nitrogens is 2. The first-order valence-electron chi connectivity index (χ1n) is 6.58. The molecule has 2 aromatic heterocycles. The minimum Gasteiger partial charge on any atom is -0.507 e. The number of phenols is 1. The Bertz CT molecular complexity index is 1000. The number of aryl methyl sites for hydroxylation is 1. The van der Waals surface area contributed by atoms with Crippen molar-refractivity contribution in [3.63, 3.8) is 0 Å². The zero-order valence-electron chi connectivity index (χ0n) is 11.9. The Hall–Kier alpha value is -3.04. The Balaban J connectivity index is 2.29. The average Bonchev–Trinajstić information content (AvgIpc) is 2.85. The van der Waals surface area contributed by atoms with Gasteiger partial charge in [-0.2, -0.15) is 10.4 Å². The fourth-order valence-electron chi connectivity index (χ4n) is 2.38. The van der Waals surface area contributed by atoms with E-state index in [1.54, 1.807) is 25.1 Å². The summed E-state index contributed by atoms with van der Waals surface area (Å²) in [4.78, 5) is 11.0. The fraction of sp³-hybridized carbons (Fsp3) is 0.0625. The number of nitriles is 1. The summed E-state index contributed by atoms with van der Waals surface area (Å²) in [5, 5.41) is 32.5. The highest BCUT2D eigenvalue weighted by Gasteiger charge is 2.16. The number of hydrogen-bond acceptors (Lipinski definition) is 4. The van der Waals surface area contributed by atoms with Crippen LogP contribution in [0.5, 0.6) is 5.75 Å². The van der Waals surface area contributed by atoms with Gasteiger partial charge in [0.15, 0.2) is 5.15 Å². The molecule has 0 radical (unpaired) electrons. The second-order valence-corrected chi connectivity index (χ2v) is 5.37. The maximum absolute atomic E-state index is 11.0. The molecule has 0 aliphatic rings. The molecule has 6 nitrogen and oxygen atoms in total. The van der Waals surface area contributed by atoms with Gasteiger partial charge in [-0.05, 0) is 42.3 Å². The van der Waals surface area contributed by atoms with Crippen LogP contribution in [0.3, 0.4) is 0 Å². The van der Waals surface area contributed by atoms with Crippen LogP contribution in [-0.2, 0) is 0 Å². The van der Waals surface area contributed by atoms with Crippen molar-refractivity contribution in [3.8, 4) is 22.9 Å². The van der Waals surface area contributed by atoms with Crippen LogP contribution in [-0.4, -0.2) is 25.8 Å². The number of hydrogen-bond donors (Lipinski definition) is 2. The molecule has 0 unspecified atom stereocenters. The third-order valence-electron chi connectivity index (χ3n) is 3.53. The van der Waals surface area contributed by atoms with Gasteiger partial charge in [0.05, 0.1) is 5.52 Å². The molecule has 0 atom stereocenters. The molecule has 2 heterocycles. The Morgan fingerprint density at radius 2 is 2.09 bits per heavy atom. The van der Waals surface area contributed by atoms with Crippen molar-refractivity contribution in [2.45, 2.75) is 6.92 Å². The molecule has 3 rings (SSSR count). The van der Waals surface area contributed by atoms with E-state index in [9.17, 15) is 15.2 Å². The van der Waals surface area contributed by atoms with Crippen molar-refractivity contribution in [1.29, 1.82) is 5.26 Å². The largest absolute Gasteiger partial charge is 0.507 e. The van der Waals surface area contributed by atoms with Gasteiger partial charge in [0.1, 0.15) is 23.1 Å². The second kappa shape index (κ2) is 5.30. The standard InChI is InChI=1S/C16H10ClN3O3/c1-8-4-13-12(6-10(7-18)20(13)19-15(8)17)9-2-3-11(16(22)23)14(21)5-9/h2-6,21H,1H3,(H,22,23). The molecular weight excluding hydrogens is 318 g/mol. The maximum atomic E-state index is 11.0. The van der Waals surface area contributed by atoms with Crippen LogP contribution < -0.4 is 0 Å².